The molecule has 2 N–H and O–H groups in total. The molecule has 2 rings (SSSR count). The van der Waals surface area contributed by atoms with Gasteiger partial charge in [-0.3, -0.25) is 0 Å². The zero-order valence-electron chi connectivity index (χ0n) is 11.0. The smallest absolute Gasteiger partial charge is 0.105 e. The molecule has 0 atom stereocenters. The first-order valence-corrected chi connectivity index (χ1v) is 6.24. The van der Waals surface area contributed by atoms with Crippen molar-refractivity contribution in [3.8, 4) is 0 Å². The Hall–Kier alpha value is -1.74. The van der Waals surface area contributed by atoms with Crippen molar-refractivity contribution < 1.29 is 4.42 Å². The van der Waals surface area contributed by atoms with E-state index in [0.29, 0.717) is 6.54 Å². The van der Waals surface area contributed by atoms with Crippen LogP contribution in [0.3, 0.4) is 0 Å². The topological polar surface area (TPSA) is 42.4 Å². The lowest BCUT2D eigenvalue weighted by atomic mass is 10.1. The van der Waals surface area contributed by atoms with Gasteiger partial charge in [0.15, 0.2) is 0 Å². The summed E-state index contributed by atoms with van der Waals surface area (Å²) in [6.07, 6.45) is 2.67. The molecule has 1 aromatic heterocycles. The molecule has 0 radical (unpaired) electrons. The molecule has 2 aromatic rings. The molecule has 3 heteroatoms. The number of benzene rings is 1. The second-order valence-corrected chi connectivity index (χ2v) is 4.56. The van der Waals surface area contributed by atoms with Crippen molar-refractivity contribution in [3.05, 3.63) is 53.5 Å². The number of anilines is 1. The number of nitrogens with zero attached hydrogens (tertiary/aromatic N) is 1. The van der Waals surface area contributed by atoms with E-state index < -0.39 is 0 Å². The highest BCUT2D eigenvalue weighted by Crippen LogP contribution is 2.18. The number of aryl methyl sites for hydroxylation is 1. The number of hydrogen-bond donors (Lipinski definition) is 1. The predicted octanol–water partition coefficient (Wildman–Crippen LogP) is 2.73. The molecule has 0 saturated heterocycles. The van der Waals surface area contributed by atoms with E-state index >= 15 is 0 Å². The summed E-state index contributed by atoms with van der Waals surface area (Å²) in [6.45, 7) is 3.55. The molecule has 0 aliphatic carbocycles. The van der Waals surface area contributed by atoms with E-state index in [2.05, 4.69) is 36.2 Å². The van der Waals surface area contributed by atoms with Crippen LogP contribution in [-0.2, 0) is 13.0 Å². The molecule has 0 aliphatic rings. The number of nitrogens with two attached hydrogens (primary N) is 1. The lowest BCUT2D eigenvalue weighted by Crippen LogP contribution is -2.16. The van der Waals surface area contributed by atoms with Crippen LogP contribution in [0, 0.1) is 6.92 Å². The summed E-state index contributed by atoms with van der Waals surface area (Å²) in [5.41, 5.74) is 9.26. The van der Waals surface area contributed by atoms with E-state index in [9.17, 15) is 0 Å². The van der Waals surface area contributed by atoms with Crippen molar-refractivity contribution >= 4 is 5.69 Å². The van der Waals surface area contributed by atoms with Crippen LogP contribution in [0.5, 0.6) is 0 Å². The van der Waals surface area contributed by atoms with Crippen molar-refractivity contribution in [2.24, 2.45) is 5.73 Å². The SMILES string of the molecule is Cc1occc1CN(C)c1ccc(CCN)cc1. The summed E-state index contributed by atoms with van der Waals surface area (Å²) in [4.78, 5) is 2.21. The third kappa shape index (κ3) is 2.93. The van der Waals surface area contributed by atoms with Gasteiger partial charge in [0, 0.05) is 24.8 Å². The van der Waals surface area contributed by atoms with Gasteiger partial charge in [-0.2, -0.15) is 0 Å². The monoisotopic (exact) mass is 244 g/mol. The van der Waals surface area contributed by atoms with Crippen LogP contribution < -0.4 is 10.6 Å². The van der Waals surface area contributed by atoms with Gasteiger partial charge in [0.25, 0.3) is 0 Å². The molecule has 96 valence electrons. The molecule has 0 amide bonds. The van der Waals surface area contributed by atoms with Crippen LogP contribution in [0.25, 0.3) is 0 Å². The molecule has 0 aliphatic heterocycles. The average molecular weight is 244 g/mol. The first-order valence-electron chi connectivity index (χ1n) is 6.24. The highest BCUT2D eigenvalue weighted by atomic mass is 16.3. The fraction of sp³-hybridized carbons (Fsp3) is 0.333. The van der Waals surface area contributed by atoms with Gasteiger partial charge in [-0.1, -0.05) is 12.1 Å². The van der Waals surface area contributed by atoms with Gasteiger partial charge < -0.3 is 15.1 Å². The summed E-state index contributed by atoms with van der Waals surface area (Å²) in [6, 6.07) is 10.6. The fourth-order valence-corrected chi connectivity index (χ4v) is 2.01. The minimum atomic E-state index is 0.698. The molecule has 0 spiro atoms. The largest absolute Gasteiger partial charge is 0.469 e. The minimum absolute atomic E-state index is 0.698. The Balaban J connectivity index is 2.04. The molecule has 1 heterocycles. The highest BCUT2D eigenvalue weighted by molar-refractivity contribution is 5.47. The van der Waals surface area contributed by atoms with Gasteiger partial charge in [-0.05, 0) is 43.7 Å². The molecule has 0 bridgehead atoms. The highest BCUT2D eigenvalue weighted by Gasteiger charge is 2.06. The number of rotatable bonds is 5. The molecule has 0 unspecified atom stereocenters. The van der Waals surface area contributed by atoms with Crippen LogP contribution in [0.15, 0.2) is 41.0 Å². The van der Waals surface area contributed by atoms with Crippen molar-refractivity contribution in [3.63, 3.8) is 0 Å². The zero-order chi connectivity index (χ0) is 13.0. The maximum Gasteiger partial charge on any atom is 0.105 e. The Morgan fingerprint density at radius 2 is 1.89 bits per heavy atom. The van der Waals surface area contributed by atoms with Crippen LogP contribution in [0.4, 0.5) is 5.69 Å². The molecular weight excluding hydrogens is 224 g/mol. The van der Waals surface area contributed by atoms with Gasteiger partial charge >= 0.3 is 0 Å². The lowest BCUT2D eigenvalue weighted by molar-refractivity contribution is 0.529. The Morgan fingerprint density at radius 3 is 2.44 bits per heavy atom. The molecule has 0 fully saturated rings. The number of furan rings is 1. The summed E-state index contributed by atoms with van der Waals surface area (Å²) in [5.74, 6) is 0.988. The van der Waals surface area contributed by atoms with Crippen LogP contribution in [0.1, 0.15) is 16.9 Å². The zero-order valence-corrected chi connectivity index (χ0v) is 11.0. The van der Waals surface area contributed by atoms with Crippen molar-refractivity contribution in [2.75, 3.05) is 18.5 Å². The van der Waals surface area contributed by atoms with Gasteiger partial charge in [-0.25, -0.2) is 0 Å². The maximum atomic E-state index is 5.54. The normalized spacial score (nSPS) is 10.6. The van der Waals surface area contributed by atoms with Crippen LogP contribution in [-0.4, -0.2) is 13.6 Å². The van der Waals surface area contributed by atoms with E-state index in [1.165, 1.54) is 16.8 Å². The lowest BCUT2D eigenvalue weighted by Gasteiger charge is -2.19. The van der Waals surface area contributed by atoms with Crippen molar-refractivity contribution in [2.45, 2.75) is 19.9 Å². The standard InChI is InChI=1S/C15H20N2O/c1-12-14(8-10-18-12)11-17(2)15-5-3-13(4-6-15)7-9-16/h3-6,8,10H,7,9,11,16H2,1-2H3. The van der Waals surface area contributed by atoms with Gasteiger partial charge in [0.1, 0.15) is 5.76 Å². The summed E-state index contributed by atoms with van der Waals surface area (Å²) in [7, 11) is 2.09. The second-order valence-electron chi connectivity index (χ2n) is 4.56. The van der Waals surface area contributed by atoms with E-state index in [4.69, 9.17) is 10.2 Å². The number of hydrogen-bond acceptors (Lipinski definition) is 3. The minimum Gasteiger partial charge on any atom is -0.469 e. The average Bonchev–Trinajstić information content (AvgIpc) is 2.76. The van der Waals surface area contributed by atoms with Gasteiger partial charge in [-0.15, -0.1) is 0 Å². The van der Waals surface area contributed by atoms with Crippen LogP contribution in [0.2, 0.25) is 0 Å². The maximum absolute atomic E-state index is 5.54. The van der Waals surface area contributed by atoms with E-state index in [1.807, 2.05) is 13.0 Å². The Bertz CT molecular complexity index is 487. The van der Waals surface area contributed by atoms with Crippen molar-refractivity contribution in [1.82, 2.24) is 0 Å². The first-order chi connectivity index (χ1) is 8.70. The molecular formula is C15H20N2O. The first kappa shape index (κ1) is 12.7. The van der Waals surface area contributed by atoms with Crippen molar-refractivity contribution in [1.29, 1.82) is 0 Å². The molecule has 1 aromatic carbocycles. The quantitative estimate of drug-likeness (QED) is 0.879. The molecule has 18 heavy (non-hydrogen) atoms. The third-order valence-corrected chi connectivity index (χ3v) is 3.18. The Morgan fingerprint density at radius 1 is 1.17 bits per heavy atom. The third-order valence-electron chi connectivity index (χ3n) is 3.18. The fourth-order valence-electron chi connectivity index (χ4n) is 2.01. The van der Waals surface area contributed by atoms with E-state index in [0.717, 1.165) is 18.7 Å². The second kappa shape index (κ2) is 5.74. The Kier molecular flexibility index (Phi) is 4.05. The Labute approximate surface area is 108 Å². The predicted molar refractivity (Wildman–Crippen MR) is 74.8 cm³/mol. The van der Waals surface area contributed by atoms with Gasteiger partial charge in [0.05, 0.1) is 6.26 Å². The summed E-state index contributed by atoms with van der Waals surface area (Å²) >= 11 is 0. The van der Waals surface area contributed by atoms with Gasteiger partial charge in [0.2, 0.25) is 0 Å². The summed E-state index contributed by atoms with van der Waals surface area (Å²) in [5, 5.41) is 0. The van der Waals surface area contributed by atoms with Crippen LogP contribution >= 0.6 is 0 Å². The molecule has 3 nitrogen and oxygen atoms in total. The molecule has 0 saturated carbocycles. The summed E-state index contributed by atoms with van der Waals surface area (Å²) < 4.78 is 5.31. The van der Waals surface area contributed by atoms with E-state index in [-0.39, 0.29) is 0 Å². The van der Waals surface area contributed by atoms with E-state index in [1.54, 1.807) is 6.26 Å².